The molecule has 1 aromatic heterocycles. The fraction of sp³-hybridized carbons (Fsp3) is 0.375. The van der Waals surface area contributed by atoms with Gasteiger partial charge >= 0.3 is 0 Å². The third-order valence-electron chi connectivity index (χ3n) is 3.26. The van der Waals surface area contributed by atoms with Gasteiger partial charge in [0.15, 0.2) is 0 Å². The zero-order chi connectivity index (χ0) is 14.5. The molecule has 1 aromatic carbocycles. The van der Waals surface area contributed by atoms with Crippen LogP contribution in [0.2, 0.25) is 0 Å². The number of benzene rings is 1. The average Bonchev–Trinajstić information content (AvgIpc) is 2.90. The Labute approximate surface area is 122 Å². The summed E-state index contributed by atoms with van der Waals surface area (Å²) in [7, 11) is 0. The number of rotatable bonds is 6. The van der Waals surface area contributed by atoms with E-state index >= 15 is 0 Å². The summed E-state index contributed by atoms with van der Waals surface area (Å²) in [5, 5.41) is 3.38. The Morgan fingerprint density at radius 3 is 2.55 bits per heavy atom. The second kappa shape index (κ2) is 6.95. The Kier molecular flexibility index (Phi) is 5.26. The van der Waals surface area contributed by atoms with Gasteiger partial charge in [-0.05, 0) is 43.1 Å². The van der Waals surface area contributed by atoms with E-state index in [1.807, 2.05) is 6.92 Å². The van der Waals surface area contributed by atoms with Crippen LogP contribution >= 0.6 is 11.3 Å². The molecule has 2 aromatic rings. The van der Waals surface area contributed by atoms with Gasteiger partial charge in [-0.1, -0.05) is 19.9 Å². The highest BCUT2D eigenvalue weighted by Gasteiger charge is 2.16. The Balaban J connectivity index is 2.20. The number of likely N-dealkylation sites (N-methyl/N-ethyl adjacent to an activating group) is 1. The van der Waals surface area contributed by atoms with Crippen LogP contribution in [0, 0.1) is 11.6 Å². The van der Waals surface area contributed by atoms with Crippen LogP contribution in [0.4, 0.5) is 8.78 Å². The van der Waals surface area contributed by atoms with Crippen LogP contribution in [0.5, 0.6) is 0 Å². The SMILES string of the molecule is CCNC(Cc1ccc(F)cc1F)c1ccc(CC)s1. The fourth-order valence-electron chi connectivity index (χ4n) is 2.20. The molecule has 4 heteroatoms. The molecule has 1 atom stereocenters. The van der Waals surface area contributed by atoms with Crippen molar-refractivity contribution < 1.29 is 8.78 Å². The minimum Gasteiger partial charge on any atom is -0.309 e. The molecule has 0 aliphatic heterocycles. The van der Waals surface area contributed by atoms with E-state index in [0.29, 0.717) is 12.0 Å². The lowest BCUT2D eigenvalue weighted by molar-refractivity contribution is 0.526. The van der Waals surface area contributed by atoms with E-state index in [1.54, 1.807) is 11.3 Å². The molecular formula is C16H19F2NS. The first kappa shape index (κ1) is 15.1. The lowest BCUT2D eigenvalue weighted by Gasteiger charge is -2.17. The maximum Gasteiger partial charge on any atom is 0.129 e. The van der Waals surface area contributed by atoms with Gasteiger partial charge in [-0.2, -0.15) is 0 Å². The Hall–Kier alpha value is -1.26. The number of halogens is 2. The molecule has 0 aliphatic rings. The molecule has 1 nitrogen and oxygen atoms in total. The molecule has 0 amide bonds. The monoisotopic (exact) mass is 295 g/mol. The van der Waals surface area contributed by atoms with Crippen LogP contribution in [-0.4, -0.2) is 6.54 Å². The molecule has 1 heterocycles. The highest BCUT2D eigenvalue weighted by atomic mass is 32.1. The van der Waals surface area contributed by atoms with Crippen molar-refractivity contribution in [2.24, 2.45) is 0 Å². The first-order chi connectivity index (χ1) is 9.63. The number of aryl methyl sites for hydroxylation is 1. The predicted octanol–water partition coefficient (Wildman–Crippen LogP) is 4.48. The molecule has 0 radical (unpaired) electrons. The standard InChI is InChI=1S/C16H19F2NS/c1-3-13-7-8-16(20-13)15(19-4-2)9-11-5-6-12(17)10-14(11)18/h5-8,10,15,19H,3-4,9H2,1-2H3. The maximum absolute atomic E-state index is 13.8. The number of hydrogen-bond donors (Lipinski definition) is 1. The Morgan fingerprint density at radius 2 is 1.95 bits per heavy atom. The van der Waals surface area contributed by atoms with Gasteiger partial charge in [-0.3, -0.25) is 0 Å². The lowest BCUT2D eigenvalue weighted by atomic mass is 10.0. The van der Waals surface area contributed by atoms with Crippen LogP contribution < -0.4 is 5.32 Å². The minimum absolute atomic E-state index is 0.0743. The van der Waals surface area contributed by atoms with Gasteiger partial charge < -0.3 is 5.32 Å². The van der Waals surface area contributed by atoms with E-state index in [4.69, 9.17) is 0 Å². The third-order valence-corrected chi connectivity index (χ3v) is 4.61. The second-order valence-electron chi connectivity index (χ2n) is 4.71. The molecule has 0 bridgehead atoms. The van der Waals surface area contributed by atoms with Gasteiger partial charge in [0, 0.05) is 21.9 Å². The highest BCUT2D eigenvalue weighted by Crippen LogP contribution is 2.27. The summed E-state index contributed by atoms with van der Waals surface area (Å²) in [6.07, 6.45) is 1.54. The molecule has 0 aliphatic carbocycles. The zero-order valence-electron chi connectivity index (χ0n) is 11.7. The number of hydrogen-bond acceptors (Lipinski definition) is 2. The summed E-state index contributed by atoms with van der Waals surface area (Å²) in [5.41, 5.74) is 0.545. The molecule has 108 valence electrons. The van der Waals surface area contributed by atoms with Gasteiger partial charge in [0.05, 0.1) is 0 Å². The smallest absolute Gasteiger partial charge is 0.129 e. The van der Waals surface area contributed by atoms with E-state index in [0.717, 1.165) is 19.0 Å². The van der Waals surface area contributed by atoms with Gasteiger partial charge in [0.1, 0.15) is 11.6 Å². The van der Waals surface area contributed by atoms with Crippen molar-refractivity contribution in [1.29, 1.82) is 0 Å². The zero-order valence-corrected chi connectivity index (χ0v) is 12.6. The van der Waals surface area contributed by atoms with Crippen molar-refractivity contribution in [2.45, 2.75) is 32.7 Å². The highest BCUT2D eigenvalue weighted by molar-refractivity contribution is 7.12. The normalized spacial score (nSPS) is 12.6. The van der Waals surface area contributed by atoms with E-state index < -0.39 is 11.6 Å². The summed E-state index contributed by atoms with van der Waals surface area (Å²) < 4.78 is 26.7. The fourth-order valence-corrected chi connectivity index (χ4v) is 3.23. The summed E-state index contributed by atoms with van der Waals surface area (Å²) in [5.74, 6) is -1.00. The topological polar surface area (TPSA) is 12.0 Å². The molecular weight excluding hydrogens is 276 g/mol. The van der Waals surface area contributed by atoms with Crippen molar-refractivity contribution >= 4 is 11.3 Å². The molecule has 0 saturated carbocycles. The van der Waals surface area contributed by atoms with Gasteiger partial charge in [-0.25, -0.2) is 8.78 Å². The molecule has 0 saturated heterocycles. The number of thiophene rings is 1. The maximum atomic E-state index is 13.8. The van der Waals surface area contributed by atoms with Gasteiger partial charge in [-0.15, -0.1) is 11.3 Å². The van der Waals surface area contributed by atoms with E-state index in [2.05, 4.69) is 24.4 Å². The molecule has 0 spiro atoms. The van der Waals surface area contributed by atoms with E-state index in [1.165, 1.54) is 21.9 Å². The van der Waals surface area contributed by atoms with Crippen LogP contribution in [0.25, 0.3) is 0 Å². The summed E-state index contributed by atoms with van der Waals surface area (Å²) in [6.45, 7) is 4.96. The number of nitrogens with one attached hydrogen (secondary N) is 1. The van der Waals surface area contributed by atoms with E-state index in [-0.39, 0.29) is 6.04 Å². The van der Waals surface area contributed by atoms with Crippen LogP contribution in [0.15, 0.2) is 30.3 Å². The van der Waals surface area contributed by atoms with Crippen molar-refractivity contribution in [3.63, 3.8) is 0 Å². The van der Waals surface area contributed by atoms with Crippen molar-refractivity contribution in [3.05, 3.63) is 57.3 Å². The first-order valence-electron chi connectivity index (χ1n) is 6.90. The average molecular weight is 295 g/mol. The molecule has 1 N–H and O–H groups in total. The van der Waals surface area contributed by atoms with E-state index in [9.17, 15) is 8.78 Å². The summed E-state index contributed by atoms with van der Waals surface area (Å²) in [4.78, 5) is 2.52. The Bertz CT molecular complexity index is 565. The third kappa shape index (κ3) is 3.64. The predicted molar refractivity (Wildman–Crippen MR) is 80.2 cm³/mol. The lowest BCUT2D eigenvalue weighted by Crippen LogP contribution is -2.22. The Morgan fingerprint density at radius 1 is 1.15 bits per heavy atom. The first-order valence-corrected chi connectivity index (χ1v) is 7.71. The van der Waals surface area contributed by atoms with Crippen molar-refractivity contribution in [3.8, 4) is 0 Å². The van der Waals surface area contributed by atoms with Crippen LogP contribution in [0.1, 0.15) is 35.2 Å². The minimum atomic E-state index is -0.532. The largest absolute Gasteiger partial charge is 0.309 e. The molecule has 0 fully saturated rings. The summed E-state index contributed by atoms with van der Waals surface area (Å²) >= 11 is 1.75. The molecule has 20 heavy (non-hydrogen) atoms. The van der Waals surface area contributed by atoms with Crippen molar-refractivity contribution in [1.82, 2.24) is 5.32 Å². The second-order valence-corrected chi connectivity index (χ2v) is 5.91. The summed E-state index contributed by atoms with van der Waals surface area (Å²) in [6, 6.07) is 8.08. The van der Waals surface area contributed by atoms with Gasteiger partial charge in [0.25, 0.3) is 0 Å². The van der Waals surface area contributed by atoms with Crippen molar-refractivity contribution in [2.75, 3.05) is 6.54 Å². The van der Waals surface area contributed by atoms with Crippen LogP contribution in [0.3, 0.4) is 0 Å². The molecule has 2 rings (SSSR count). The van der Waals surface area contributed by atoms with Crippen LogP contribution in [-0.2, 0) is 12.8 Å². The molecule has 1 unspecified atom stereocenters. The quantitative estimate of drug-likeness (QED) is 0.828. The van der Waals surface area contributed by atoms with Gasteiger partial charge in [0.2, 0.25) is 0 Å².